The van der Waals surface area contributed by atoms with Gasteiger partial charge in [0.25, 0.3) is 0 Å². The summed E-state index contributed by atoms with van der Waals surface area (Å²) in [7, 11) is 0. The molecule has 0 bridgehead atoms. The van der Waals surface area contributed by atoms with Crippen LogP contribution in [0.1, 0.15) is 45.5 Å². The highest BCUT2D eigenvalue weighted by Crippen LogP contribution is 2.28. The van der Waals surface area contributed by atoms with Gasteiger partial charge in [0.05, 0.1) is 11.6 Å². The van der Waals surface area contributed by atoms with E-state index >= 15 is 0 Å². The van der Waals surface area contributed by atoms with E-state index in [9.17, 15) is 9.90 Å². The van der Waals surface area contributed by atoms with E-state index in [2.05, 4.69) is 29.4 Å². The van der Waals surface area contributed by atoms with Crippen LogP contribution in [-0.4, -0.2) is 44.4 Å². The van der Waals surface area contributed by atoms with Crippen LogP contribution < -0.4 is 5.32 Å². The lowest BCUT2D eigenvalue weighted by molar-refractivity contribution is 0.0117. The molecule has 2 amide bonds. The quantitative estimate of drug-likeness (QED) is 0.895. The first-order valence-electron chi connectivity index (χ1n) is 7.39. The summed E-state index contributed by atoms with van der Waals surface area (Å²) in [6.45, 7) is 8.40. The Morgan fingerprint density at radius 2 is 2.24 bits per heavy atom. The fourth-order valence-electron chi connectivity index (χ4n) is 2.64. The maximum absolute atomic E-state index is 12.3. The van der Waals surface area contributed by atoms with Crippen LogP contribution in [0.4, 0.5) is 9.93 Å². The maximum Gasteiger partial charge on any atom is 0.324 e. The van der Waals surface area contributed by atoms with Crippen LogP contribution in [0.5, 0.6) is 0 Å². The molecule has 0 saturated carbocycles. The molecule has 118 valence electrons. The molecular weight excluding hydrogens is 288 g/mol. The highest BCUT2D eigenvalue weighted by Gasteiger charge is 2.38. The van der Waals surface area contributed by atoms with Crippen LogP contribution in [-0.2, 0) is 6.42 Å². The molecule has 1 aliphatic rings. The summed E-state index contributed by atoms with van der Waals surface area (Å²) in [5.41, 5.74) is -0.891. The van der Waals surface area contributed by atoms with Crippen molar-refractivity contribution in [1.82, 2.24) is 15.1 Å². The molecule has 1 fully saturated rings. The summed E-state index contributed by atoms with van der Waals surface area (Å²) in [5.74, 6) is 0.514. The number of nitrogens with one attached hydrogen (secondary N) is 1. The van der Waals surface area contributed by atoms with Crippen molar-refractivity contribution in [2.24, 2.45) is 5.92 Å². The van der Waals surface area contributed by atoms with E-state index in [1.807, 2.05) is 0 Å². The van der Waals surface area contributed by atoms with Gasteiger partial charge < -0.3 is 10.0 Å². The third-order valence-corrected chi connectivity index (χ3v) is 4.45. The van der Waals surface area contributed by atoms with Gasteiger partial charge in [-0.3, -0.25) is 5.32 Å². The van der Waals surface area contributed by atoms with Crippen molar-refractivity contribution < 1.29 is 9.90 Å². The van der Waals surface area contributed by atoms with Crippen molar-refractivity contribution in [3.63, 3.8) is 0 Å². The van der Waals surface area contributed by atoms with Gasteiger partial charge in [0, 0.05) is 13.0 Å². The molecule has 0 aliphatic carbocycles. The van der Waals surface area contributed by atoms with Crippen LogP contribution in [0.15, 0.2) is 0 Å². The molecule has 0 radical (unpaired) electrons. The van der Waals surface area contributed by atoms with Gasteiger partial charge >= 0.3 is 6.03 Å². The van der Waals surface area contributed by atoms with Crippen molar-refractivity contribution in [3.05, 3.63) is 5.01 Å². The van der Waals surface area contributed by atoms with Gasteiger partial charge in [-0.1, -0.05) is 25.2 Å². The highest BCUT2D eigenvalue weighted by molar-refractivity contribution is 7.15. The molecule has 2 heterocycles. The average Bonchev–Trinajstić information content (AvgIpc) is 2.96. The first-order chi connectivity index (χ1) is 9.77. The maximum atomic E-state index is 12.3. The minimum Gasteiger partial charge on any atom is -0.388 e. The Morgan fingerprint density at radius 3 is 2.86 bits per heavy atom. The number of nitrogens with zero attached hydrogens (tertiary/aromatic N) is 3. The summed E-state index contributed by atoms with van der Waals surface area (Å²) in [6, 6.07) is -0.354. The number of aliphatic hydroxyl groups is 1. The molecule has 1 saturated heterocycles. The largest absolute Gasteiger partial charge is 0.388 e. The average molecular weight is 312 g/mol. The number of rotatable bonds is 4. The number of amides is 2. The first kappa shape index (κ1) is 16.2. The van der Waals surface area contributed by atoms with E-state index in [-0.39, 0.29) is 12.1 Å². The van der Waals surface area contributed by atoms with Gasteiger partial charge in [0.1, 0.15) is 5.01 Å². The lowest BCUT2D eigenvalue weighted by Crippen LogP contribution is -2.49. The Hall–Kier alpha value is -1.21. The molecule has 21 heavy (non-hydrogen) atoms. The van der Waals surface area contributed by atoms with Crippen LogP contribution in [0.2, 0.25) is 0 Å². The number of hydrogen-bond donors (Lipinski definition) is 2. The standard InChI is InChI=1S/C14H24N4O2S/c1-9(2)8-11-16-17-12(21-11)15-13(19)18-7-5-6-10(18)14(3,4)20/h9-10,20H,5-8H2,1-4H3,(H,15,17,19). The van der Waals surface area contributed by atoms with Crippen molar-refractivity contribution in [1.29, 1.82) is 0 Å². The zero-order chi connectivity index (χ0) is 15.6. The summed E-state index contributed by atoms with van der Waals surface area (Å²) in [6.07, 6.45) is 2.60. The molecular formula is C14H24N4O2S. The Balaban J connectivity index is 1.99. The smallest absolute Gasteiger partial charge is 0.324 e. The summed E-state index contributed by atoms with van der Waals surface area (Å²) in [5, 5.41) is 22.5. The predicted molar refractivity (Wildman–Crippen MR) is 83.5 cm³/mol. The summed E-state index contributed by atoms with van der Waals surface area (Å²) in [4.78, 5) is 14.0. The third-order valence-electron chi connectivity index (χ3n) is 3.59. The fraction of sp³-hybridized carbons (Fsp3) is 0.786. The number of urea groups is 1. The first-order valence-corrected chi connectivity index (χ1v) is 8.21. The fourth-order valence-corrected chi connectivity index (χ4v) is 3.58. The van der Waals surface area contributed by atoms with Gasteiger partial charge in [-0.15, -0.1) is 10.2 Å². The number of carbonyl (C=O) groups excluding carboxylic acids is 1. The number of aromatic nitrogens is 2. The van der Waals surface area contributed by atoms with Crippen LogP contribution in [0, 0.1) is 5.92 Å². The highest BCUT2D eigenvalue weighted by atomic mass is 32.1. The van der Waals surface area contributed by atoms with E-state index in [0.29, 0.717) is 17.6 Å². The van der Waals surface area contributed by atoms with Crippen molar-refractivity contribution >= 4 is 22.5 Å². The van der Waals surface area contributed by atoms with Gasteiger partial charge in [-0.05, 0) is 32.6 Å². The molecule has 2 rings (SSSR count). The second kappa shape index (κ2) is 6.27. The molecule has 0 aromatic carbocycles. The minimum absolute atomic E-state index is 0.152. The monoisotopic (exact) mass is 312 g/mol. The SMILES string of the molecule is CC(C)Cc1nnc(NC(=O)N2CCCC2C(C)(C)O)s1. The van der Waals surface area contributed by atoms with Crippen LogP contribution in [0.25, 0.3) is 0 Å². The minimum atomic E-state index is -0.891. The molecule has 1 aromatic heterocycles. The predicted octanol–water partition coefficient (Wildman–Crippen LogP) is 2.50. The zero-order valence-corrected chi connectivity index (χ0v) is 13.9. The Kier molecular flexibility index (Phi) is 4.83. The number of hydrogen-bond acceptors (Lipinski definition) is 5. The number of anilines is 1. The van der Waals surface area contributed by atoms with Gasteiger partial charge in [0.15, 0.2) is 0 Å². The van der Waals surface area contributed by atoms with Crippen molar-refractivity contribution in [3.8, 4) is 0 Å². The Bertz CT molecular complexity index is 495. The summed E-state index contributed by atoms with van der Waals surface area (Å²) < 4.78 is 0. The van der Waals surface area contributed by atoms with Gasteiger partial charge in [-0.2, -0.15) is 0 Å². The second-order valence-electron chi connectivity index (χ2n) is 6.53. The molecule has 6 nitrogen and oxygen atoms in total. The van der Waals surface area contributed by atoms with Crippen LogP contribution >= 0.6 is 11.3 Å². The number of carbonyl (C=O) groups is 1. The van der Waals surface area contributed by atoms with E-state index in [0.717, 1.165) is 24.3 Å². The zero-order valence-electron chi connectivity index (χ0n) is 13.1. The molecule has 7 heteroatoms. The van der Waals surface area contributed by atoms with E-state index in [1.165, 1.54) is 11.3 Å². The van der Waals surface area contributed by atoms with E-state index < -0.39 is 5.60 Å². The molecule has 1 aromatic rings. The molecule has 1 atom stereocenters. The second-order valence-corrected chi connectivity index (χ2v) is 7.60. The van der Waals surface area contributed by atoms with Gasteiger partial charge in [-0.25, -0.2) is 4.79 Å². The summed E-state index contributed by atoms with van der Waals surface area (Å²) >= 11 is 1.41. The Labute approximate surface area is 129 Å². The van der Waals surface area contributed by atoms with Gasteiger partial charge in [0.2, 0.25) is 5.13 Å². The van der Waals surface area contributed by atoms with E-state index in [1.54, 1.807) is 18.7 Å². The molecule has 2 N–H and O–H groups in total. The van der Waals surface area contributed by atoms with E-state index in [4.69, 9.17) is 0 Å². The van der Waals surface area contributed by atoms with Crippen molar-refractivity contribution in [2.75, 3.05) is 11.9 Å². The lowest BCUT2D eigenvalue weighted by Gasteiger charge is -2.33. The number of likely N-dealkylation sites (tertiary alicyclic amines) is 1. The van der Waals surface area contributed by atoms with Crippen molar-refractivity contribution in [2.45, 2.75) is 58.6 Å². The molecule has 0 spiro atoms. The molecule has 1 aliphatic heterocycles. The topological polar surface area (TPSA) is 78.4 Å². The van der Waals surface area contributed by atoms with Crippen LogP contribution in [0.3, 0.4) is 0 Å². The lowest BCUT2D eigenvalue weighted by atomic mass is 9.97. The molecule has 1 unspecified atom stereocenters. The Morgan fingerprint density at radius 1 is 1.52 bits per heavy atom. The third kappa shape index (κ3) is 4.14. The normalized spacial score (nSPS) is 19.3.